The van der Waals surface area contributed by atoms with Crippen LogP contribution in [0.2, 0.25) is 0 Å². The van der Waals surface area contributed by atoms with Crippen molar-refractivity contribution in [3.8, 4) is 5.69 Å². The Morgan fingerprint density at radius 1 is 1.12 bits per heavy atom. The molecule has 16 heavy (non-hydrogen) atoms. The van der Waals surface area contributed by atoms with E-state index in [9.17, 15) is 0 Å². The van der Waals surface area contributed by atoms with Gasteiger partial charge in [-0.2, -0.15) is 0 Å². The first-order valence-electron chi connectivity index (χ1n) is 5.18. The molecule has 3 heteroatoms. The van der Waals surface area contributed by atoms with Gasteiger partial charge in [-0.25, -0.2) is 4.98 Å². The number of nitrogens with one attached hydrogen (secondary N) is 1. The third kappa shape index (κ3) is 1.34. The SMILES string of the molecule is Nc1ccc2c(ccn2-c2ccc[nH+]c2)c1. The van der Waals surface area contributed by atoms with Gasteiger partial charge in [0, 0.05) is 23.3 Å². The Hall–Kier alpha value is -2.29. The Labute approximate surface area is 93.1 Å². The number of aromatic amines is 1. The summed E-state index contributed by atoms with van der Waals surface area (Å²) in [7, 11) is 0. The van der Waals surface area contributed by atoms with E-state index in [1.54, 1.807) is 0 Å². The summed E-state index contributed by atoms with van der Waals surface area (Å²) in [5, 5.41) is 1.16. The molecular weight excluding hydrogens is 198 g/mol. The third-order valence-electron chi connectivity index (χ3n) is 2.68. The molecule has 0 amide bonds. The molecule has 3 nitrogen and oxygen atoms in total. The van der Waals surface area contributed by atoms with Gasteiger partial charge in [0.15, 0.2) is 12.4 Å². The zero-order valence-electron chi connectivity index (χ0n) is 8.72. The average Bonchev–Trinajstić information content (AvgIpc) is 2.73. The van der Waals surface area contributed by atoms with Crippen LogP contribution in [0.25, 0.3) is 16.6 Å². The molecule has 0 saturated heterocycles. The molecule has 3 aromatic rings. The predicted molar refractivity (Wildman–Crippen MR) is 64.2 cm³/mol. The third-order valence-corrected chi connectivity index (χ3v) is 2.68. The second-order valence-corrected chi connectivity index (χ2v) is 3.77. The number of anilines is 1. The Balaban J connectivity index is 2.26. The van der Waals surface area contributed by atoms with Crippen molar-refractivity contribution < 1.29 is 4.98 Å². The molecule has 0 atom stereocenters. The molecule has 2 aromatic heterocycles. The number of hydrogen-bond donors (Lipinski definition) is 1. The second kappa shape index (κ2) is 3.38. The summed E-state index contributed by atoms with van der Waals surface area (Å²) in [4.78, 5) is 3.08. The lowest BCUT2D eigenvalue weighted by atomic mass is 10.2. The van der Waals surface area contributed by atoms with E-state index in [-0.39, 0.29) is 0 Å². The van der Waals surface area contributed by atoms with E-state index in [1.807, 2.05) is 42.9 Å². The number of benzene rings is 1. The molecule has 1 aromatic carbocycles. The number of aromatic nitrogens is 2. The van der Waals surface area contributed by atoms with Crippen molar-refractivity contribution >= 4 is 16.6 Å². The van der Waals surface area contributed by atoms with E-state index < -0.39 is 0 Å². The maximum atomic E-state index is 5.76. The fraction of sp³-hybridized carbons (Fsp3) is 0. The molecule has 3 N–H and O–H groups in total. The van der Waals surface area contributed by atoms with Crippen molar-refractivity contribution in [1.29, 1.82) is 0 Å². The zero-order valence-corrected chi connectivity index (χ0v) is 8.72. The highest BCUT2D eigenvalue weighted by Crippen LogP contribution is 2.21. The number of H-pyrrole nitrogens is 1. The number of pyridine rings is 1. The van der Waals surface area contributed by atoms with Gasteiger partial charge >= 0.3 is 0 Å². The Morgan fingerprint density at radius 2 is 2.06 bits per heavy atom. The highest BCUT2D eigenvalue weighted by Gasteiger charge is 2.04. The second-order valence-electron chi connectivity index (χ2n) is 3.77. The monoisotopic (exact) mass is 210 g/mol. The molecule has 0 bridgehead atoms. The fourth-order valence-electron chi connectivity index (χ4n) is 1.92. The van der Waals surface area contributed by atoms with Gasteiger partial charge in [-0.1, -0.05) is 0 Å². The minimum atomic E-state index is 0.796. The van der Waals surface area contributed by atoms with Crippen LogP contribution in [-0.4, -0.2) is 4.57 Å². The fourth-order valence-corrected chi connectivity index (χ4v) is 1.92. The van der Waals surface area contributed by atoms with Crippen molar-refractivity contribution in [2.75, 3.05) is 5.73 Å². The van der Waals surface area contributed by atoms with E-state index in [0.717, 1.165) is 22.3 Å². The molecule has 0 saturated carbocycles. The van der Waals surface area contributed by atoms with Crippen LogP contribution in [0.3, 0.4) is 0 Å². The van der Waals surface area contributed by atoms with Crippen molar-refractivity contribution in [1.82, 2.24) is 4.57 Å². The van der Waals surface area contributed by atoms with Crippen molar-refractivity contribution in [2.45, 2.75) is 0 Å². The van der Waals surface area contributed by atoms with Crippen molar-refractivity contribution in [3.63, 3.8) is 0 Å². The molecule has 0 spiro atoms. The zero-order chi connectivity index (χ0) is 11.0. The van der Waals surface area contributed by atoms with E-state index >= 15 is 0 Å². The standard InChI is InChI=1S/C13H11N3/c14-11-3-4-13-10(8-11)5-7-16(13)12-2-1-6-15-9-12/h1-9H,14H2/p+1. The average molecular weight is 210 g/mol. The maximum absolute atomic E-state index is 5.76. The summed E-state index contributed by atoms with van der Waals surface area (Å²) in [6.45, 7) is 0. The molecule has 0 aliphatic carbocycles. The number of fused-ring (bicyclic) bond motifs is 1. The van der Waals surface area contributed by atoms with Crippen LogP contribution in [0.5, 0.6) is 0 Å². The normalized spacial score (nSPS) is 10.8. The molecule has 78 valence electrons. The lowest BCUT2D eigenvalue weighted by Gasteiger charge is -2.02. The molecule has 2 heterocycles. The van der Waals surface area contributed by atoms with E-state index in [4.69, 9.17) is 5.73 Å². The smallest absolute Gasteiger partial charge is 0.191 e. The Kier molecular flexibility index (Phi) is 1.90. The van der Waals surface area contributed by atoms with Gasteiger partial charge in [-0.05, 0) is 30.3 Å². The van der Waals surface area contributed by atoms with Crippen LogP contribution < -0.4 is 10.7 Å². The van der Waals surface area contributed by atoms with Gasteiger partial charge in [0.2, 0.25) is 0 Å². The van der Waals surface area contributed by atoms with Gasteiger partial charge in [0.1, 0.15) is 5.69 Å². The number of nitrogens with zero attached hydrogens (tertiary/aromatic N) is 1. The molecule has 0 unspecified atom stereocenters. The number of hydrogen-bond acceptors (Lipinski definition) is 1. The lowest BCUT2D eigenvalue weighted by Crippen LogP contribution is -2.02. The van der Waals surface area contributed by atoms with E-state index in [1.165, 1.54) is 0 Å². The predicted octanol–water partition coefficient (Wildman–Crippen LogP) is 2.03. The van der Waals surface area contributed by atoms with Gasteiger partial charge in [0.05, 0.1) is 5.52 Å². The summed E-state index contributed by atoms with van der Waals surface area (Å²) >= 11 is 0. The number of nitrogen functional groups attached to an aromatic ring is 1. The molecular formula is C13H12N3+. The molecule has 0 aliphatic heterocycles. The Bertz CT molecular complexity index is 626. The highest BCUT2D eigenvalue weighted by molar-refractivity contribution is 5.84. The first kappa shape index (κ1) is 8.97. The molecule has 0 aliphatic rings. The van der Waals surface area contributed by atoms with Gasteiger partial charge < -0.3 is 10.3 Å². The summed E-state index contributed by atoms with van der Waals surface area (Å²) in [5.74, 6) is 0. The highest BCUT2D eigenvalue weighted by atomic mass is 15.0. The van der Waals surface area contributed by atoms with Crippen LogP contribution in [0.4, 0.5) is 5.69 Å². The van der Waals surface area contributed by atoms with Crippen LogP contribution in [0, 0.1) is 0 Å². The topological polar surface area (TPSA) is 45.1 Å². The minimum Gasteiger partial charge on any atom is -0.399 e. The first-order valence-corrected chi connectivity index (χ1v) is 5.18. The summed E-state index contributed by atoms with van der Waals surface area (Å²) in [5.41, 5.74) is 8.83. The molecule has 0 radical (unpaired) electrons. The van der Waals surface area contributed by atoms with Gasteiger partial charge in [-0.3, -0.25) is 0 Å². The first-order chi connectivity index (χ1) is 7.84. The van der Waals surface area contributed by atoms with Gasteiger partial charge in [-0.15, -0.1) is 0 Å². The Morgan fingerprint density at radius 3 is 2.88 bits per heavy atom. The number of rotatable bonds is 1. The maximum Gasteiger partial charge on any atom is 0.191 e. The quantitative estimate of drug-likeness (QED) is 0.614. The molecule has 3 rings (SSSR count). The lowest BCUT2D eigenvalue weighted by molar-refractivity contribution is -0.377. The molecule has 0 fully saturated rings. The summed E-state index contributed by atoms with van der Waals surface area (Å²) in [6.07, 6.45) is 5.91. The van der Waals surface area contributed by atoms with E-state index in [2.05, 4.69) is 21.7 Å². The van der Waals surface area contributed by atoms with E-state index in [0.29, 0.717) is 0 Å². The number of nitrogens with two attached hydrogens (primary N) is 1. The minimum absolute atomic E-state index is 0.796. The van der Waals surface area contributed by atoms with Crippen LogP contribution in [0.1, 0.15) is 0 Å². The summed E-state index contributed by atoms with van der Waals surface area (Å²) < 4.78 is 2.13. The largest absolute Gasteiger partial charge is 0.399 e. The van der Waals surface area contributed by atoms with Crippen LogP contribution >= 0.6 is 0 Å². The van der Waals surface area contributed by atoms with Crippen molar-refractivity contribution in [2.24, 2.45) is 0 Å². The van der Waals surface area contributed by atoms with Crippen LogP contribution in [-0.2, 0) is 0 Å². The van der Waals surface area contributed by atoms with Gasteiger partial charge in [0.25, 0.3) is 0 Å². The van der Waals surface area contributed by atoms with Crippen LogP contribution in [0.15, 0.2) is 55.0 Å². The summed E-state index contributed by atoms with van der Waals surface area (Å²) in [6, 6.07) is 12.1. The van der Waals surface area contributed by atoms with Crippen molar-refractivity contribution in [3.05, 3.63) is 55.0 Å².